The molecule has 0 spiro atoms. The molecule has 1 saturated heterocycles. The third-order valence-corrected chi connectivity index (χ3v) is 7.49. The summed E-state index contributed by atoms with van der Waals surface area (Å²) in [6.07, 6.45) is 10.1. The molecule has 2 aromatic heterocycles. The predicted octanol–water partition coefficient (Wildman–Crippen LogP) is 4.88. The molecular weight excluding hydrogens is 457 g/mol. The largest absolute Gasteiger partial charge is 0.342 e. The van der Waals surface area contributed by atoms with E-state index < -0.39 is 5.82 Å². The highest BCUT2D eigenvalue weighted by Crippen LogP contribution is 2.31. The summed E-state index contributed by atoms with van der Waals surface area (Å²) in [7, 11) is 1.70. The number of carbonyl (C=O) groups is 1. The quantitative estimate of drug-likeness (QED) is 0.552. The van der Waals surface area contributed by atoms with E-state index in [1.54, 1.807) is 7.05 Å². The molecule has 1 aliphatic carbocycles. The Morgan fingerprint density at radius 2 is 1.83 bits per heavy atom. The van der Waals surface area contributed by atoms with Gasteiger partial charge in [0.25, 0.3) is 5.56 Å². The van der Waals surface area contributed by atoms with Crippen LogP contribution in [0, 0.1) is 11.7 Å². The number of benzene rings is 1. The lowest BCUT2D eigenvalue weighted by Crippen LogP contribution is -2.38. The SMILES string of the molecule is Cn1c(N2CCC[C@@H](c3ccc(NC(=O)C4CCCCC4)cc3)C2)nc(-c2ccncc2F)cc1=O. The van der Waals surface area contributed by atoms with Crippen LogP contribution in [0.1, 0.15) is 56.4 Å². The van der Waals surface area contributed by atoms with Crippen molar-refractivity contribution in [3.8, 4) is 11.3 Å². The number of aromatic nitrogens is 3. The summed E-state index contributed by atoms with van der Waals surface area (Å²) in [5.41, 5.74) is 2.37. The van der Waals surface area contributed by atoms with Crippen LogP contribution in [0.4, 0.5) is 16.0 Å². The van der Waals surface area contributed by atoms with Crippen molar-refractivity contribution in [3.63, 3.8) is 0 Å². The monoisotopic (exact) mass is 489 g/mol. The van der Waals surface area contributed by atoms with Gasteiger partial charge in [-0.25, -0.2) is 9.37 Å². The number of nitrogens with zero attached hydrogens (tertiary/aromatic N) is 4. The maximum absolute atomic E-state index is 14.3. The highest BCUT2D eigenvalue weighted by Gasteiger charge is 2.25. The number of hydrogen-bond acceptors (Lipinski definition) is 5. The Morgan fingerprint density at radius 1 is 1.06 bits per heavy atom. The van der Waals surface area contributed by atoms with Crippen LogP contribution in [-0.4, -0.2) is 33.5 Å². The Morgan fingerprint density at radius 3 is 2.58 bits per heavy atom. The van der Waals surface area contributed by atoms with Crippen LogP contribution in [0.25, 0.3) is 11.3 Å². The zero-order valence-corrected chi connectivity index (χ0v) is 20.6. The van der Waals surface area contributed by atoms with E-state index in [2.05, 4.69) is 32.3 Å². The molecule has 1 amide bonds. The summed E-state index contributed by atoms with van der Waals surface area (Å²) >= 11 is 0. The smallest absolute Gasteiger partial charge is 0.255 e. The summed E-state index contributed by atoms with van der Waals surface area (Å²) in [6, 6.07) is 11.0. The van der Waals surface area contributed by atoms with E-state index in [0.717, 1.165) is 57.0 Å². The maximum Gasteiger partial charge on any atom is 0.255 e. The molecular formula is C28H32FN5O2. The topological polar surface area (TPSA) is 80.1 Å². The van der Waals surface area contributed by atoms with Gasteiger partial charge in [-0.15, -0.1) is 0 Å². The van der Waals surface area contributed by atoms with Crippen LogP contribution >= 0.6 is 0 Å². The number of amides is 1. The molecule has 1 aromatic carbocycles. The van der Waals surface area contributed by atoms with Gasteiger partial charge in [0, 0.05) is 55.5 Å². The van der Waals surface area contributed by atoms with Crippen LogP contribution in [0.2, 0.25) is 0 Å². The van der Waals surface area contributed by atoms with Crippen LogP contribution < -0.4 is 15.8 Å². The first-order chi connectivity index (χ1) is 17.5. The van der Waals surface area contributed by atoms with Crippen molar-refractivity contribution in [2.45, 2.75) is 50.9 Å². The van der Waals surface area contributed by atoms with Gasteiger partial charge in [-0.3, -0.25) is 19.1 Å². The minimum atomic E-state index is -0.503. The molecule has 3 heterocycles. The van der Waals surface area contributed by atoms with Gasteiger partial charge in [0.1, 0.15) is 0 Å². The summed E-state index contributed by atoms with van der Waals surface area (Å²) in [5, 5.41) is 3.08. The third-order valence-electron chi connectivity index (χ3n) is 7.49. The van der Waals surface area contributed by atoms with E-state index in [-0.39, 0.29) is 28.9 Å². The number of piperidine rings is 1. The van der Waals surface area contributed by atoms with Gasteiger partial charge in [0.2, 0.25) is 11.9 Å². The standard InChI is InChI=1S/C28H32FN5O2/c1-33-26(35)16-25(23-13-14-30-17-24(23)29)32-28(33)34-15-5-8-21(18-34)19-9-11-22(12-10-19)31-27(36)20-6-3-2-4-7-20/h9-14,16-17,20-21H,2-8,15,18H2,1H3,(H,31,36)/t21-/m1/s1. The first-order valence-corrected chi connectivity index (χ1v) is 12.8. The summed E-state index contributed by atoms with van der Waals surface area (Å²) in [5.74, 6) is 0.552. The number of hydrogen-bond donors (Lipinski definition) is 1. The lowest BCUT2D eigenvalue weighted by Gasteiger charge is -2.34. The van der Waals surface area contributed by atoms with E-state index in [1.165, 1.54) is 34.9 Å². The van der Waals surface area contributed by atoms with Crippen molar-refractivity contribution < 1.29 is 9.18 Å². The molecule has 0 unspecified atom stereocenters. The van der Waals surface area contributed by atoms with Gasteiger partial charge >= 0.3 is 0 Å². The molecule has 8 heteroatoms. The second kappa shape index (κ2) is 10.6. The first kappa shape index (κ1) is 24.2. The molecule has 0 radical (unpaired) electrons. The molecule has 3 aromatic rings. The number of halogens is 1. The molecule has 5 rings (SSSR count). The number of carbonyl (C=O) groups excluding carboxylic acids is 1. The molecule has 36 heavy (non-hydrogen) atoms. The van der Waals surface area contributed by atoms with Crippen molar-refractivity contribution in [2.75, 3.05) is 23.3 Å². The first-order valence-electron chi connectivity index (χ1n) is 12.8. The lowest BCUT2D eigenvalue weighted by atomic mass is 9.88. The summed E-state index contributed by atoms with van der Waals surface area (Å²) in [4.78, 5) is 35.9. The average molecular weight is 490 g/mol. The normalized spacial score (nSPS) is 18.7. The number of nitrogens with one attached hydrogen (secondary N) is 1. The van der Waals surface area contributed by atoms with E-state index in [4.69, 9.17) is 0 Å². The highest BCUT2D eigenvalue weighted by atomic mass is 19.1. The fourth-order valence-electron chi connectivity index (χ4n) is 5.41. The van der Waals surface area contributed by atoms with Gasteiger partial charge < -0.3 is 10.2 Å². The molecule has 1 aliphatic heterocycles. The lowest BCUT2D eigenvalue weighted by molar-refractivity contribution is -0.120. The molecule has 188 valence electrons. The zero-order valence-electron chi connectivity index (χ0n) is 20.6. The fourth-order valence-corrected chi connectivity index (χ4v) is 5.41. The Balaban J connectivity index is 1.31. The second-order valence-electron chi connectivity index (χ2n) is 9.93. The van der Waals surface area contributed by atoms with E-state index in [9.17, 15) is 14.0 Å². The maximum atomic E-state index is 14.3. The molecule has 1 atom stereocenters. The van der Waals surface area contributed by atoms with Crippen molar-refractivity contribution in [2.24, 2.45) is 13.0 Å². The van der Waals surface area contributed by atoms with E-state index in [0.29, 0.717) is 18.2 Å². The molecule has 2 aliphatic rings. The van der Waals surface area contributed by atoms with Crippen LogP contribution in [0.3, 0.4) is 0 Å². The third kappa shape index (κ3) is 5.17. The summed E-state index contributed by atoms with van der Waals surface area (Å²) in [6.45, 7) is 1.48. The number of anilines is 2. The Kier molecular flexibility index (Phi) is 7.11. The highest BCUT2D eigenvalue weighted by molar-refractivity contribution is 5.92. The van der Waals surface area contributed by atoms with Crippen molar-refractivity contribution in [1.82, 2.24) is 14.5 Å². The molecule has 1 saturated carbocycles. The fraction of sp³-hybridized carbons (Fsp3) is 0.429. The van der Waals surface area contributed by atoms with Crippen LogP contribution in [0.15, 0.2) is 53.6 Å². The van der Waals surface area contributed by atoms with Crippen molar-refractivity contribution >= 4 is 17.5 Å². The Bertz CT molecular complexity index is 1280. The van der Waals surface area contributed by atoms with Crippen molar-refractivity contribution in [3.05, 3.63) is 70.5 Å². The minimum Gasteiger partial charge on any atom is -0.342 e. The molecule has 0 bridgehead atoms. The van der Waals surface area contributed by atoms with Crippen LogP contribution in [0.5, 0.6) is 0 Å². The zero-order chi connectivity index (χ0) is 25.1. The molecule has 2 fully saturated rings. The van der Waals surface area contributed by atoms with Gasteiger partial charge in [-0.1, -0.05) is 31.4 Å². The minimum absolute atomic E-state index is 0.126. The van der Waals surface area contributed by atoms with E-state index >= 15 is 0 Å². The number of rotatable bonds is 5. The molecule has 7 nitrogen and oxygen atoms in total. The van der Waals surface area contributed by atoms with Gasteiger partial charge in [0.05, 0.1) is 11.9 Å². The second-order valence-corrected chi connectivity index (χ2v) is 9.93. The average Bonchev–Trinajstić information content (AvgIpc) is 2.91. The Hall–Kier alpha value is -3.55. The van der Waals surface area contributed by atoms with Gasteiger partial charge in [0.15, 0.2) is 5.82 Å². The van der Waals surface area contributed by atoms with Crippen LogP contribution in [-0.2, 0) is 11.8 Å². The Labute approximate surface area is 210 Å². The number of pyridine rings is 1. The predicted molar refractivity (Wildman–Crippen MR) is 139 cm³/mol. The van der Waals surface area contributed by atoms with Gasteiger partial charge in [-0.05, 0) is 49.4 Å². The molecule has 1 N–H and O–H groups in total. The van der Waals surface area contributed by atoms with E-state index in [1.807, 2.05) is 12.1 Å². The van der Waals surface area contributed by atoms with Gasteiger partial charge in [-0.2, -0.15) is 0 Å². The van der Waals surface area contributed by atoms with Crippen molar-refractivity contribution in [1.29, 1.82) is 0 Å². The summed E-state index contributed by atoms with van der Waals surface area (Å²) < 4.78 is 15.9.